The van der Waals surface area contributed by atoms with Crippen LogP contribution in [-0.4, -0.2) is 25.7 Å². The first-order valence-corrected chi connectivity index (χ1v) is 8.21. The number of primary amides is 1. The number of rotatable bonds is 3. The third-order valence-corrected chi connectivity index (χ3v) is 4.73. The van der Waals surface area contributed by atoms with Gasteiger partial charge in [-0.1, -0.05) is 12.1 Å². The third kappa shape index (κ3) is 2.28. The number of fused-ring (bicyclic) bond motifs is 1. The van der Waals surface area contributed by atoms with Crippen LogP contribution < -0.4 is 11.1 Å². The van der Waals surface area contributed by atoms with Crippen molar-refractivity contribution in [3.63, 3.8) is 0 Å². The third-order valence-electron chi connectivity index (χ3n) is 3.86. The average Bonchev–Trinajstić information content (AvgIpc) is 3.23. The summed E-state index contributed by atoms with van der Waals surface area (Å²) in [7, 11) is 0. The Morgan fingerprint density at radius 1 is 1.38 bits per heavy atom. The average molecular weight is 338 g/mol. The van der Waals surface area contributed by atoms with Crippen molar-refractivity contribution in [1.82, 2.24) is 19.7 Å². The molecule has 0 saturated heterocycles. The fourth-order valence-electron chi connectivity index (χ4n) is 2.83. The van der Waals surface area contributed by atoms with Crippen LogP contribution in [0.25, 0.3) is 10.7 Å². The summed E-state index contributed by atoms with van der Waals surface area (Å²) < 4.78 is 1.69. The monoisotopic (exact) mass is 338 g/mol. The van der Waals surface area contributed by atoms with Gasteiger partial charge in [0.25, 0.3) is 0 Å². The number of pyridine rings is 1. The number of nitrogens with two attached hydrogens (primary N) is 1. The number of aromatic nitrogens is 4. The number of amides is 1. The molecule has 0 radical (unpaired) electrons. The van der Waals surface area contributed by atoms with Crippen LogP contribution in [0.2, 0.25) is 0 Å². The summed E-state index contributed by atoms with van der Waals surface area (Å²) in [5.41, 5.74) is 7.59. The number of hydrogen-bond acceptors (Lipinski definition) is 6. The minimum atomic E-state index is -0.493. The number of allylic oxidation sites excluding steroid dienone is 1. The van der Waals surface area contributed by atoms with Crippen LogP contribution in [0.4, 0.5) is 5.95 Å². The Hall–Kier alpha value is -3.00. The predicted octanol–water partition coefficient (Wildman–Crippen LogP) is 2.18. The van der Waals surface area contributed by atoms with Crippen LogP contribution in [0.15, 0.2) is 53.3 Å². The first-order valence-electron chi connectivity index (χ1n) is 7.33. The quantitative estimate of drug-likeness (QED) is 0.762. The molecule has 120 valence electrons. The molecular formula is C16H14N6OS. The summed E-state index contributed by atoms with van der Waals surface area (Å²) in [4.78, 5) is 21.7. The summed E-state index contributed by atoms with van der Waals surface area (Å²) in [5.74, 6) is 0.697. The van der Waals surface area contributed by atoms with Crippen molar-refractivity contribution >= 4 is 23.2 Å². The van der Waals surface area contributed by atoms with Crippen LogP contribution in [-0.2, 0) is 4.79 Å². The van der Waals surface area contributed by atoms with Crippen molar-refractivity contribution in [2.24, 2.45) is 5.73 Å². The molecule has 0 bridgehead atoms. The van der Waals surface area contributed by atoms with Gasteiger partial charge in [0.1, 0.15) is 6.04 Å². The number of anilines is 1. The minimum Gasteiger partial charge on any atom is -0.366 e. The zero-order valence-corrected chi connectivity index (χ0v) is 13.6. The molecule has 1 atom stereocenters. The van der Waals surface area contributed by atoms with Gasteiger partial charge in [0.05, 0.1) is 10.5 Å². The number of carbonyl (C=O) groups excluding carboxylic acids is 1. The van der Waals surface area contributed by atoms with Crippen LogP contribution in [0, 0.1) is 0 Å². The maximum Gasteiger partial charge on any atom is 0.248 e. The topological polar surface area (TPSA) is 98.7 Å². The van der Waals surface area contributed by atoms with Crippen LogP contribution in [0.3, 0.4) is 0 Å². The molecule has 0 unspecified atom stereocenters. The first-order chi connectivity index (χ1) is 11.6. The van der Waals surface area contributed by atoms with Gasteiger partial charge >= 0.3 is 0 Å². The maximum atomic E-state index is 12.0. The molecule has 24 heavy (non-hydrogen) atoms. The Bertz CT molecular complexity index is 929. The van der Waals surface area contributed by atoms with Crippen molar-refractivity contribution < 1.29 is 4.79 Å². The lowest BCUT2D eigenvalue weighted by Gasteiger charge is -2.27. The van der Waals surface area contributed by atoms with E-state index in [1.165, 1.54) is 0 Å². The van der Waals surface area contributed by atoms with E-state index >= 15 is 0 Å². The summed E-state index contributed by atoms with van der Waals surface area (Å²) in [6.07, 6.45) is 3.40. The smallest absolute Gasteiger partial charge is 0.248 e. The molecule has 1 aliphatic heterocycles. The van der Waals surface area contributed by atoms with E-state index < -0.39 is 11.9 Å². The second kappa shape index (κ2) is 5.57. The van der Waals surface area contributed by atoms with Crippen LogP contribution >= 0.6 is 11.3 Å². The molecule has 3 N–H and O–H groups in total. The number of nitrogens with one attached hydrogen (secondary N) is 1. The summed E-state index contributed by atoms with van der Waals surface area (Å²) in [5, 5.41) is 9.70. The number of thiophene rings is 1. The fourth-order valence-corrected chi connectivity index (χ4v) is 3.48. The minimum absolute atomic E-state index is 0.450. The van der Waals surface area contributed by atoms with Gasteiger partial charge in [0.2, 0.25) is 11.9 Å². The molecule has 0 saturated carbocycles. The molecule has 3 aromatic rings. The first kappa shape index (κ1) is 14.6. The standard InChI is InChI=1S/C16H14N6OS/c1-9-12(14(17)23)13(10-4-2-6-18-8-10)22-16(19-9)20-15(21-22)11-5-3-7-24-11/h2-8,13H,1H3,(H2,17,23)(H,19,20,21)/t13-/m0/s1. The van der Waals surface area contributed by atoms with E-state index in [2.05, 4.69) is 20.4 Å². The Balaban J connectivity index is 1.90. The highest BCUT2D eigenvalue weighted by Gasteiger charge is 2.33. The largest absolute Gasteiger partial charge is 0.366 e. The van der Waals surface area contributed by atoms with Crippen molar-refractivity contribution in [2.45, 2.75) is 13.0 Å². The lowest BCUT2D eigenvalue weighted by Crippen LogP contribution is -2.31. The van der Waals surface area contributed by atoms with Gasteiger partial charge in [0, 0.05) is 18.1 Å². The molecule has 7 nitrogen and oxygen atoms in total. The Morgan fingerprint density at radius 2 is 2.25 bits per heavy atom. The molecule has 8 heteroatoms. The van der Waals surface area contributed by atoms with E-state index in [9.17, 15) is 4.79 Å². The van der Waals surface area contributed by atoms with Gasteiger partial charge < -0.3 is 11.1 Å². The number of hydrogen-bond donors (Lipinski definition) is 2. The highest BCUT2D eigenvalue weighted by molar-refractivity contribution is 7.13. The zero-order chi connectivity index (χ0) is 16.7. The molecule has 1 amide bonds. The van der Waals surface area contributed by atoms with Gasteiger partial charge in [-0.25, -0.2) is 4.68 Å². The summed E-state index contributed by atoms with van der Waals surface area (Å²) in [6.45, 7) is 1.81. The van der Waals surface area contributed by atoms with Crippen molar-refractivity contribution in [2.75, 3.05) is 5.32 Å². The normalized spacial score (nSPS) is 16.6. The van der Waals surface area contributed by atoms with Gasteiger partial charge in [-0.2, -0.15) is 4.98 Å². The van der Waals surface area contributed by atoms with Crippen LogP contribution in [0.1, 0.15) is 18.5 Å². The van der Waals surface area contributed by atoms with Crippen LogP contribution in [0.5, 0.6) is 0 Å². The highest BCUT2D eigenvalue weighted by atomic mass is 32.1. The Morgan fingerprint density at radius 3 is 2.92 bits per heavy atom. The molecule has 4 rings (SSSR count). The van der Waals surface area contributed by atoms with E-state index in [0.717, 1.165) is 10.4 Å². The van der Waals surface area contributed by atoms with E-state index in [1.807, 2.05) is 36.6 Å². The lowest BCUT2D eigenvalue weighted by molar-refractivity contribution is -0.115. The lowest BCUT2D eigenvalue weighted by atomic mass is 9.97. The molecule has 0 spiro atoms. The number of carbonyl (C=O) groups is 1. The van der Waals surface area contributed by atoms with Gasteiger partial charge in [-0.3, -0.25) is 9.78 Å². The van der Waals surface area contributed by atoms with Gasteiger partial charge in [0.15, 0.2) is 5.82 Å². The Labute approximate surface area is 141 Å². The second-order valence-electron chi connectivity index (χ2n) is 5.40. The predicted molar refractivity (Wildman–Crippen MR) is 91.2 cm³/mol. The summed E-state index contributed by atoms with van der Waals surface area (Å²) in [6, 6.07) is 7.18. The van der Waals surface area contributed by atoms with E-state index in [0.29, 0.717) is 23.0 Å². The van der Waals surface area contributed by atoms with Gasteiger partial charge in [-0.05, 0) is 30.0 Å². The zero-order valence-electron chi connectivity index (χ0n) is 12.8. The van der Waals surface area contributed by atoms with Crippen molar-refractivity contribution in [3.05, 3.63) is 58.9 Å². The van der Waals surface area contributed by atoms with Crippen molar-refractivity contribution in [3.8, 4) is 10.7 Å². The summed E-state index contributed by atoms with van der Waals surface area (Å²) >= 11 is 1.56. The fraction of sp³-hybridized carbons (Fsp3) is 0.125. The molecule has 0 fully saturated rings. The van der Waals surface area contributed by atoms with Gasteiger partial charge in [-0.15, -0.1) is 16.4 Å². The molecular weight excluding hydrogens is 324 g/mol. The second-order valence-corrected chi connectivity index (χ2v) is 6.35. The molecule has 1 aliphatic rings. The van der Waals surface area contributed by atoms with E-state index in [-0.39, 0.29) is 0 Å². The molecule has 3 aromatic heterocycles. The van der Waals surface area contributed by atoms with E-state index in [4.69, 9.17) is 5.73 Å². The SMILES string of the molecule is CC1=C(C(N)=O)[C@H](c2cccnc2)n2nc(-c3cccs3)nc2N1. The van der Waals surface area contributed by atoms with E-state index in [1.54, 1.807) is 28.4 Å². The molecule has 4 heterocycles. The Kier molecular flexibility index (Phi) is 3.39. The molecule has 0 aromatic carbocycles. The van der Waals surface area contributed by atoms with Crippen molar-refractivity contribution in [1.29, 1.82) is 0 Å². The molecule has 0 aliphatic carbocycles. The highest BCUT2D eigenvalue weighted by Crippen LogP contribution is 2.36. The maximum absolute atomic E-state index is 12.0. The number of nitrogens with zero attached hydrogens (tertiary/aromatic N) is 4.